The van der Waals surface area contributed by atoms with E-state index in [1.807, 2.05) is 0 Å². The van der Waals surface area contributed by atoms with Gasteiger partial charge in [-0.2, -0.15) is 17.5 Å². The van der Waals surface area contributed by atoms with Crippen molar-refractivity contribution >= 4 is 33.2 Å². The Balaban J connectivity index is 1.69. The van der Waals surface area contributed by atoms with Gasteiger partial charge in [0.15, 0.2) is 0 Å². The number of alkyl halides is 3. The van der Waals surface area contributed by atoms with Gasteiger partial charge in [0.1, 0.15) is 16.4 Å². The Morgan fingerprint density at radius 1 is 1.09 bits per heavy atom. The predicted octanol–water partition coefficient (Wildman–Crippen LogP) is 4.42. The van der Waals surface area contributed by atoms with Crippen molar-refractivity contribution in [2.24, 2.45) is 5.92 Å². The van der Waals surface area contributed by atoms with E-state index in [4.69, 9.17) is 21.1 Å². The number of nitrogens with zero attached hydrogens (tertiary/aromatic N) is 1. The Labute approximate surface area is 194 Å². The number of piperidine rings is 1. The van der Waals surface area contributed by atoms with Crippen LogP contribution in [0.5, 0.6) is 11.5 Å². The second kappa shape index (κ2) is 9.78. The predicted molar refractivity (Wildman–Crippen MR) is 116 cm³/mol. The SMILES string of the molecule is COc1ccc(OC)c(S(=O)(=O)N2CCC(C(=O)Nc3ccc(Cl)c(C(F)(F)F)c3)CC2)c1. The van der Waals surface area contributed by atoms with Crippen LogP contribution >= 0.6 is 11.6 Å². The number of rotatable bonds is 6. The fourth-order valence-corrected chi connectivity index (χ4v) is 5.41. The van der Waals surface area contributed by atoms with Crippen molar-refractivity contribution in [3.8, 4) is 11.5 Å². The molecule has 0 unspecified atom stereocenters. The lowest BCUT2D eigenvalue weighted by atomic mass is 9.97. The molecule has 1 fully saturated rings. The van der Waals surface area contributed by atoms with Gasteiger partial charge in [-0.3, -0.25) is 4.79 Å². The van der Waals surface area contributed by atoms with Crippen LogP contribution in [0.25, 0.3) is 0 Å². The zero-order valence-corrected chi connectivity index (χ0v) is 19.4. The van der Waals surface area contributed by atoms with Crippen molar-refractivity contribution in [1.82, 2.24) is 4.31 Å². The molecule has 1 N–H and O–H groups in total. The second-order valence-corrected chi connectivity index (χ2v) is 9.69. The van der Waals surface area contributed by atoms with Crippen LogP contribution in [-0.2, 0) is 21.0 Å². The lowest BCUT2D eigenvalue weighted by Gasteiger charge is -2.31. The smallest absolute Gasteiger partial charge is 0.417 e. The van der Waals surface area contributed by atoms with Crippen LogP contribution < -0.4 is 14.8 Å². The third-order valence-electron chi connectivity index (χ3n) is 5.35. The van der Waals surface area contributed by atoms with E-state index in [1.54, 1.807) is 6.07 Å². The third kappa shape index (κ3) is 5.53. The van der Waals surface area contributed by atoms with E-state index < -0.39 is 38.6 Å². The first kappa shape index (κ1) is 25.1. The summed E-state index contributed by atoms with van der Waals surface area (Å²) in [5.74, 6) is -0.529. The number of carbonyl (C=O) groups is 1. The fourth-order valence-electron chi connectivity index (χ4n) is 3.55. The van der Waals surface area contributed by atoms with Gasteiger partial charge in [-0.25, -0.2) is 8.42 Å². The maximum absolute atomic E-state index is 13.1. The molecule has 1 heterocycles. The molecule has 0 aliphatic carbocycles. The highest BCUT2D eigenvalue weighted by Gasteiger charge is 2.35. The van der Waals surface area contributed by atoms with Crippen molar-refractivity contribution in [2.75, 3.05) is 32.6 Å². The summed E-state index contributed by atoms with van der Waals surface area (Å²) in [5.41, 5.74) is -1.08. The number of amides is 1. The number of hydrogen-bond donors (Lipinski definition) is 1. The van der Waals surface area contributed by atoms with E-state index >= 15 is 0 Å². The maximum Gasteiger partial charge on any atom is 0.417 e. The average Bonchev–Trinajstić information content (AvgIpc) is 2.79. The monoisotopic (exact) mass is 506 g/mol. The summed E-state index contributed by atoms with van der Waals surface area (Å²) < 4.78 is 76.9. The van der Waals surface area contributed by atoms with Crippen molar-refractivity contribution < 1.29 is 35.9 Å². The molecule has 1 amide bonds. The lowest BCUT2D eigenvalue weighted by Crippen LogP contribution is -2.41. The summed E-state index contributed by atoms with van der Waals surface area (Å²) in [6, 6.07) is 7.56. The first-order valence-corrected chi connectivity index (χ1v) is 11.7. The van der Waals surface area contributed by atoms with Crippen molar-refractivity contribution in [3.63, 3.8) is 0 Å². The van der Waals surface area contributed by atoms with Gasteiger partial charge in [-0.05, 0) is 43.2 Å². The van der Waals surface area contributed by atoms with Gasteiger partial charge in [-0.15, -0.1) is 0 Å². The van der Waals surface area contributed by atoms with Crippen molar-refractivity contribution in [3.05, 3.63) is 47.0 Å². The van der Waals surface area contributed by atoms with Gasteiger partial charge in [-0.1, -0.05) is 11.6 Å². The Kier molecular flexibility index (Phi) is 7.45. The summed E-state index contributed by atoms with van der Waals surface area (Å²) in [5, 5.41) is 2.00. The van der Waals surface area contributed by atoms with Gasteiger partial charge in [0, 0.05) is 30.8 Å². The minimum Gasteiger partial charge on any atom is -0.497 e. The van der Waals surface area contributed by atoms with Crippen LogP contribution in [0.1, 0.15) is 18.4 Å². The van der Waals surface area contributed by atoms with Crippen LogP contribution in [0.2, 0.25) is 5.02 Å². The number of nitrogens with one attached hydrogen (secondary N) is 1. The Morgan fingerprint density at radius 2 is 1.76 bits per heavy atom. The van der Waals surface area contributed by atoms with Gasteiger partial charge in [0.25, 0.3) is 0 Å². The van der Waals surface area contributed by atoms with Crippen LogP contribution in [0.3, 0.4) is 0 Å². The molecule has 2 aromatic carbocycles. The normalized spacial score (nSPS) is 15.8. The summed E-state index contributed by atoms with van der Waals surface area (Å²) in [4.78, 5) is 12.5. The van der Waals surface area contributed by atoms with E-state index in [0.717, 1.165) is 12.1 Å². The van der Waals surface area contributed by atoms with Gasteiger partial charge in [0.2, 0.25) is 15.9 Å². The highest BCUT2D eigenvalue weighted by Crippen LogP contribution is 2.37. The second-order valence-electron chi connectivity index (χ2n) is 7.38. The molecule has 180 valence electrons. The molecule has 1 aliphatic heterocycles. The summed E-state index contributed by atoms with van der Waals surface area (Å²) in [7, 11) is -1.14. The van der Waals surface area contributed by atoms with Gasteiger partial charge < -0.3 is 14.8 Å². The molecule has 0 atom stereocenters. The van der Waals surface area contributed by atoms with Gasteiger partial charge >= 0.3 is 6.18 Å². The standard InChI is InChI=1S/C21H22ClF3N2O5S/c1-31-15-4-6-18(32-2)19(12-15)33(29,30)27-9-7-13(8-10-27)20(28)26-14-3-5-17(22)16(11-14)21(23,24)25/h3-6,11-13H,7-10H2,1-2H3,(H,26,28). The number of benzene rings is 2. The number of methoxy groups -OCH3 is 2. The highest BCUT2D eigenvalue weighted by atomic mass is 35.5. The maximum atomic E-state index is 13.1. The zero-order chi connectivity index (χ0) is 24.4. The number of sulfonamides is 1. The van der Waals surface area contributed by atoms with Crippen LogP contribution in [-0.4, -0.2) is 45.9 Å². The minimum atomic E-state index is -4.65. The minimum absolute atomic E-state index is 0.0344. The first-order chi connectivity index (χ1) is 15.5. The first-order valence-electron chi connectivity index (χ1n) is 9.87. The lowest BCUT2D eigenvalue weighted by molar-refractivity contribution is -0.137. The van der Waals surface area contributed by atoms with Crippen LogP contribution in [0.4, 0.5) is 18.9 Å². The molecule has 12 heteroatoms. The quantitative estimate of drug-likeness (QED) is 0.627. The molecule has 33 heavy (non-hydrogen) atoms. The van der Waals surface area contributed by atoms with Crippen molar-refractivity contribution in [2.45, 2.75) is 23.9 Å². The van der Waals surface area contributed by atoms with Crippen LogP contribution in [0.15, 0.2) is 41.3 Å². The molecule has 0 aromatic heterocycles. The molecule has 0 radical (unpaired) electrons. The molecule has 3 rings (SSSR count). The Morgan fingerprint density at radius 3 is 2.33 bits per heavy atom. The number of hydrogen-bond acceptors (Lipinski definition) is 5. The van der Waals surface area contributed by atoms with E-state index in [1.165, 1.54) is 36.7 Å². The van der Waals surface area contributed by atoms with Crippen molar-refractivity contribution in [1.29, 1.82) is 0 Å². The molecule has 1 saturated heterocycles. The molecular weight excluding hydrogens is 485 g/mol. The number of halogens is 4. The zero-order valence-electron chi connectivity index (χ0n) is 17.8. The van der Waals surface area contributed by atoms with Gasteiger partial charge in [0.05, 0.1) is 24.8 Å². The molecular formula is C21H22ClF3N2O5S. The molecule has 0 bridgehead atoms. The van der Waals surface area contributed by atoms with E-state index in [2.05, 4.69) is 5.32 Å². The molecule has 1 aliphatic rings. The topological polar surface area (TPSA) is 84.9 Å². The Bertz CT molecular complexity index is 1130. The van der Waals surface area contributed by atoms with E-state index in [-0.39, 0.29) is 42.3 Å². The third-order valence-corrected chi connectivity index (χ3v) is 7.60. The molecule has 0 spiro atoms. The molecule has 0 saturated carbocycles. The summed E-state index contributed by atoms with van der Waals surface area (Å²) in [6.45, 7) is 0.129. The number of carbonyl (C=O) groups excluding carboxylic acids is 1. The number of ether oxygens (including phenoxy) is 2. The van der Waals surface area contributed by atoms with Crippen LogP contribution in [0, 0.1) is 5.92 Å². The summed E-state index contributed by atoms with van der Waals surface area (Å²) in [6.07, 6.45) is -4.24. The summed E-state index contributed by atoms with van der Waals surface area (Å²) >= 11 is 5.60. The fraction of sp³-hybridized carbons (Fsp3) is 0.381. The largest absolute Gasteiger partial charge is 0.497 e. The van der Waals surface area contributed by atoms with E-state index in [9.17, 15) is 26.4 Å². The molecule has 7 nitrogen and oxygen atoms in total. The van der Waals surface area contributed by atoms with E-state index in [0.29, 0.717) is 5.75 Å². The molecule has 2 aromatic rings. The number of anilines is 1. The highest BCUT2D eigenvalue weighted by molar-refractivity contribution is 7.89. The Hall–Kier alpha value is -2.50. The average molecular weight is 507 g/mol.